The highest BCUT2D eigenvalue weighted by molar-refractivity contribution is 7.11. The molecule has 0 aromatic carbocycles. The number of nitrogens with zero attached hydrogens (tertiary/aromatic N) is 2. The van der Waals surface area contributed by atoms with Crippen molar-refractivity contribution in [3.05, 3.63) is 38.8 Å². The lowest BCUT2D eigenvalue weighted by molar-refractivity contribution is 0.672. The Labute approximate surface area is 110 Å². The van der Waals surface area contributed by atoms with Gasteiger partial charge in [0.25, 0.3) is 0 Å². The van der Waals surface area contributed by atoms with E-state index in [9.17, 15) is 0 Å². The first-order valence-electron chi connectivity index (χ1n) is 5.67. The largest absolute Gasteiger partial charge is 0.312 e. The molecule has 0 amide bonds. The molecule has 0 aliphatic rings. The molecule has 1 N–H and O–H groups in total. The lowest BCUT2D eigenvalue weighted by atomic mass is 10.4. The van der Waals surface area contributed by atoms with Crippen LogP contribution in [-0.4, -0.2) is 16.3 Å². The predicted octanol–water partition coefficient (Wildman–Crippen LogP) is 3.06. The Balaban J connectivity index is 2.04. The van der Waals surface area contributed by atoms with E-state index in [1.165, 1.54) is 9.75 Å². The summed E-state index contributed by atoms with van der Waals surface area (Å²) in [4.78, 5) is 2.67. The summed E-state index contributed by atoms with van der Waals surface area (Å²) in [6.45, 7) is 6.85. The minimum atomic E-state index is 0.731. The van der Waals surface area contributed by atoms with Gasteiger partial charge >= 0.3 is 0 Å². The summed E-state index contributed by atoms with van der Waals surface area (Å²) < 4.78 is 1.94. The molecular formula is C12H16ClN3S. The Bertz CT molecular complexity index is 490. The highest BCUT2D eigenvalue weighted by Crippen LogP contribution is 2.20. The van der Waals surface area contributed by atoms with E-state index in [4.69, 9.17) is 11.6 Å². The molecule has 0 aliphatic carbocycles. The van der Waals surface area contributed by atoms with Gasteiger partial charge in [0.1, 0.15) is 0 Å². The molecule has 0 radical (unpaired) electrons. The van der Waals surface area contributed by atoms with Gasteiger partial charge in [0.2, 0.25) is 0 Å². The zero-order valence-electron chi connectivity index (χ0n) is 10.0. The lowest BCUT2D eigenvalue weighted by Gasteiger charge is -2.01. The average Bonchev–Trinajstić information content (AvgIpc) is 2.89. The Morgan fingerprint density at radius 3 is 2.82 bits per heavy atom. The molecule has 2 heterocycles. The first-order chi connectivity index (χ1) is 8.20. The lowest BCUT2D eigenvalue weighted by Crippen LogP contribution is -2.10. The highest BCUT2D eigenvalue weighted by Gasteiger charge is 2.06. The molecule has 0 fully saturated rings. The van der Waals surface area contributed by atoms with Crippen LogP contribution >= 0.6 is 22.9 Å². The molecule has 92 valence electrons. The summed E-state index contributed by atoms with van der Waals surface area (Å²) in [5.41, 5.74) is 1.02. The van der Waals surface area contributed by atoms with Gasteiger partial charge in [-0.1, -0.05) is 18.5 Å². The number of rotatable bonds is 5. The SMILES string of the molecule is CCNCc1ccc(Cn2ncc(Cl)c2C)s1. The third-order valence-corrected chi connectivity index (χ3v) is 4.06. The second-order valence-corrected chi connectivity index (χ2v) is 5.54. The Morgan fingerprint density at radius 2 is 2.18 bits per heavy atom. The van der Waals surface area contributed by atoms with Crippen molar-refractivity contribution in [3.63, 3.8) is 0 Å². The van der Waals surface area contributed by atoms with Crippen LogP contribution in [0.2, 0.25) is 5.02 Å². The van der Waals surface area contributed by atoms with Crippen LogP contribution in [0.4, 0.5) is 0 Å². The molecule has 5 heteroatoms. The fourth-order valence-corrected chi connectivity index (χ4v) is 2.69. The van der Waals surface area contributed by atoms with E-state index < -0.39 is 0 Å². The van der Waals surface area contributed by atoms with Crippen LogP contribution in [0.25, 0.3) is 0 Å². The van der Waals surface area contributed by atoms with Crippen molar-refractivity contribution < 1.29 is 0 Å². The molecular weight excluding hydrogens is 254 g/mol. The standard InChI is InChI=1S/C12H16ClN3S/c1-3-14-6-10-4-5-11(17-10)8-16-9(2)12(13)7-15-16/h4-5,7,14H,3,6,8H2,1-2H3. The molecule has 0 spiro atoms. The van der Waals surface area contributed by atoms with Crippen molar-refractivity contribution in [2.45, 2.75) is 26.9 Å². The summed E-state index contributed by atoms with van der Waals surface area (Å²) in [6.07, 6.45) is 1.70. The third kappa shape index (κ3) is 3.09. The Hall–Kier alpha value is -0.840. The van der Waals surface area contributed by atoms with E-state index >= 15 is 0 Å². The molecule has 2 aromatic heterocycles. The molecule has 2 rings (SSSR count). The molecule has 0 saturated carbocycles. The number of aromatic nitrogens is 2. The topological polar surface area (TPSA) is 29.9 Å². The Kier molecular flexibility index (Phi) is 4.20. The van der Waals surface area contributed by atoms with Crippen LogP contribution in [0.5, 0.6) is 0 Å². The number of thiophene rings is 1. The van der Waals surface area contributed by atoms with Crippen LogP contribution < -0.4 is 5.32 Å². The molecule has 0 unspecified atom stereocenters. The monoisotopic (exact) mass is 269 g/mol. The zero-order valence-corrected chi connectivity index (χ0v) is 11.6. The molecule has 0 bridgehead atoms. The minimum absolute atomic E-state index is 0.731. The van der Waals surface area contributed by atoms with Gasteiger partial charge < -0.3 is 5.32 Å². The number of nitrogens with one attached hydrogen (secondary N) is 1. The summed E-state index contributed by atoms with van der Waals surface area (Å²) in [6, 6.07) is 4.33. The van der Waals surface area contributed by atoms with Crippen molar-refractivity contribution in [1.29, 1.82) is 0 Å². The maximum absolute atomic E-state index is 5.98. The average molecular weight is 270 g/mol. The first-order valence-corrected chi connectivity index (χ1v) is 6.86. The maximum atomic E-state index is 5.98. The second-order valence-electron chi connectivity index (χ2n) is 3.88. The van der Waals surface area contributed by atoms with Crippen LogP contribution in [-0.2, 0) is 13.1 Å². The first kappa shape index (κ1) is 12.6. The Morgan fingerprint density at radius 1 is 1.41 bits per heavy atom. The summed E-state index contributed by atoms with van der Waals surface area (Å²) >= 11 is 7.80. The van der Waals surface area contributed by atoms with E-state index in [1.807, 2.05) is 22.9 Å². The fourth-order valence-electron chi connectivity index (χ4n) is 1.58. The van der Waals surface area contributed by atoms with Crippen molar-refractivity contribution in [1.82, 2.24) is 15.1 Å². The van der Waals surface area contributed by atoms with Gasteiger partial charge in [0, 0.05) is 16.3 Å². The number of hydrogen-bond donors (Lipinski definition) is 1. The van der Waals surface area contributed by atoms with Crippen LogP contribution in [0.3, 0.4) is 0 Å². The summed E-state index contributed by atoms with van der Waals surface area (Å²) in [5.74, 6) is 0. The van der Waals surface area contributed by atoms with E-state index in [1.54, 1.807) is 6.20 Å². The van der Waals surface area contributed by atoms with E-state index in [-0.39, 0.29) is 0 Å². The smallest absolute Gasteiger partial charge is 0.0815 e. The molecule has 17 heavy (non-hydrogen) atoms. The van der Waals surface area contributed by atoms with Gasteiger partial charge in [-0.25, -0.2) is 0 Å². The molecule has 0 aliphatic heterocycles. The van der Waals surface area contributed by atoms with E-state index in [0.717, 1.165) is 30.4 Å². The van der Waals surface area contributed by atoms with Gasteiger partial charge in [-0.15, -0.1) is 11.3 Å². The highest BCUT2D eigenvalue weighted by atomic mass is 35.5. The predicted molar refractivity (Wildman–Crippen MR) is 72.8 cm³/mol. The maximum Gasteiger partial charge on any atom is 0.0815 e. The van der Waals surface area contributed by atoms with Crippen LogP contribution in [0.1, 0.15) is 22.4 Å². The third-order valence-electron chi connectivity index (χ3n) is 2.62. The van der Waals surface area contributed by atoms with Gasteiger partial charge in [-0.05, 0) is 25.6 Å². The number of halogens is 1. The van der Waals surface area contributed by atoms with Crippen LogP contribution in [0.15, 0.2) is 18.3 Å². The van der Waals surface area contributed by atoms with Gasteiger partial charge in [0.05, 0.1) is 23.5 Å². The van der Waals surface area contributed by atoms with Crippen molar-refractivity contribution in [3.8, 4) is 0 Å². The van der Waals surface area contributed by atoms with Gasteiger partial charge in [-0.2, -0.15) is 5.10 Å². The van der Waals surface area contributed by atoms with Gasteiger partial charge in [0.15, 0.2) is 0 Å². The number of hydrogen-bond acceptors (Lipinski definition) is 3. The summed E-state index contributed by atoms with van der Waals surface area (Å²) in [5, 5.41) is 8.31. The quantitative estimate of drug-likeness (QED) is 0.904. The second kappa shape index (κ2) is 5.67. The van der Waals surface area contributed by atoms with Crippen molar-refractivity contribution in [2.24, 2.45) is 0 Å². The normalized spacial score (nSPS) is 11.0. The van der Waals surface area contributed by atoms with E-state index in [0.29, 0.717) is 0 Å². The van der Waals surface area contributed by atoms with Crippen molar-refractivity contribution in [2.75, 3.05) is 6.54 Å². The molecule has 0 atom stereocenters. The van der Waals surface area contributed by atoms with E-state index in [2.05, 4.69) is 29.5 Å². The minimum Gasteiger partial charge on any atom is -0.312 e. The fraction of sp³-hybridized carbons (Fsp3) is 0.417. The molecule has 0 saturated heterocycles. The van der Waals surface area contributed by atoms with Gasteiger partial charge in [-0.3, -0.25) is 4.68 Å². The molecule has 2 aromatic rings. The summed E-state index contributed by atoms with van der Waals surface area (Å²) in [7, 11) is 0. The molecule has 3 nitrogen and oxygen atoms in total. The van der Waals surface area contributed by atoms with Crippen molar-refractivity contribution >= 4 is 22.9 Å². The zero-order chi connectivity index (χ0) is 12.3. The van der Waals surface area contributed by atoms with Crippen LogP contribution in [0, 0.1) is 6.92 Å².